The van der Waals surface area contributed by atoms with E-state index in [1.54, 1.807) is 4.90 Å². The molecular formula is C31H38F3N3O6. The van der Waals surface area contributed by atoms with E-state index in [0.29, 0.717) is 55.8 Å². The molecule has 0 bridgehead atoms. The Labute approximate surface area is 247 Å². The number of piperidine rings is 1. The lowest BCUT2D eigenvalue weighted by Gasteiger charge is -2.52. The Hall–Kier alpha value is -3.22. The molecule has 234 valence electrons. The molecule has 2 aliphatic heterocycles. The summed E-state index contributed by atoms with van der Waals surface area (Å²) in [6, 6.07) is 10.5. The normalized spacial score (nSPS) is 23.0. The van der Waals surface area contributed by atoms with Gasteiger partial charge in [0, 0.05) is 49.4 Å². The van der Waals surface area contributed by atoms with Crippen molar-refractivity contribution in [2.24, 2.45) is 11.3 Å². The lowest BCUT2D eigenvalue weighted by Crippen LogP contribution is -2.62. The summed E-state index contributed by atoms with van der Waals surface area (Å²) in [5.74, 6) is -2.64. The molecule has 1 spiro atoms. The number of hydrogen-bond donors (Lipinski definition) is 2. The number of aliphatic hydroxyl groups is 2. The topological polar surface area (TPSA) is 112 Å². The summed E-state index contributed by atoms with van der Waals surface area (Å²) in [5, 5.41) is 21.8. The summed E-state index contributed by atoms with van der Waals surface area (Å²) in [4.78, 5) is 43.4. The van der Waals surface area contributed by atoms with Gasteiger partial charge in [0.15, 0.2) is 0 Å². The summed E-state index contributed by atoms with van der Waals surface area (Å²) in [6.07, 6.45) is -1.88. The quantitative estimate of drug-likeness (QED) is 0.502. The average Bonchev–Trinajstić information content (AvgIpc) is 3.48. The molecule has 1 aliphatic carbocycles. The summed E-state index contributed by atoms with van der Waals surface area (Å²) in [5.41, 5.74) is -1.17. The molecule has 3 aliphatic rings. The molecule has 3 heterocycles. The minimum atomic E-state index is -4.60. The van der Waals surface area contributed by atoms with Gasteiger partial charge in [-0.3, -0.25) is 14.4 Å². The van der Waals surface area contributed by atoms with E-state index in [1.165, 1.54) is 21.7 Å². The van der Waals surface area contributed by atoms with Crippen LogP contribution in [0.3, 0.4) is 0 Å². The minimum absolute atomic E-state index is 0.0120. The van der Waals surface area contributed by atoms with E-state index in [4.69, 9.17) is 4.74 Å². The second-order valence-electron chi connectivity index (χ2n) is 12.1. The van der Waals surface area contributed by atoms with Crippen molar-refractivity contribution in [2.75, 3.05) is 46.0 Å². The number of nitrogens with zero attached hydrogens (tertiary/aromatic N) is 3. The molecule has 1 aromatic carbocycles. The van der Waals surface area contributed by atoms with Crippen molar-refractivity contribution < 1.29 is 37.7 Å². The zero-order valence-electron chi connectivity index (χ0n) is 24.0. The van der Waals surface area contributed by atoms with Gasteiger partial charge < -0.3 is 29.3 Å². The van der Waals surface area contributed by atoms with Gasteiger partial charge in [0.2, 0.25) is 5.91 Å². The molecule has 2 amide bonds. The highest BCUT2D eigenvalue weighted by atomic mass is 19.4. The van der Waals surface area contributed by atoms with Gasteiger partial charge in [0.25, 0.3) is 11.5 Å². The number of rotatable bonds is 7. The van der Waals surface area contributed by atoms with Crippen molar-refractivity contribution >= 4 is 11.8 Å². The average molecular weight is 606 g/mol. The van der Waals surface area contributed by atoms with Gasteiger partial charge in [-0.15, -0.1) is 0 Å². The predicted octanol–water partition coefficient (Wildman–Crippen LogP) is 3.07. The zero-order chi connectivity index (χ0) is 30.8. The van der Waals surface area contributed by atoms with Gasteiger partial charge in [0.1, 0.15) is 0 Å². The van der Waals surface area contributed by atoms with E-state index in [1.807, 2.05) is 30.3 Å². The molecular weight excluding hydrogens is 567 g/mol. The van der Waals surface area contributed by atoms with Crippen LogP contribution in [0.5, 0.6) is 0 Å². The Kier molecular flexibility index (Phi) is 9.01. The number of amides is 2. The minimum Gasteiger partial charge on any atom is -0.396 e. The van der Waals surface area contributed by atoms with Crippen molar-refractivity contribution in [1.82, 2.24) is 14.4 Å². The third-order valence-electron chi connectivity index (χ3n) is 9.37. The van der Waals surface area contributed by atoms with Crippen LogP contribution < -0.4 is 5.56 Å². The van der Waals surface area contributed by atoms with Crippen LogP contribution in [-0.2, 0) is 16.1 Å². The number of hydrogen-bond acceptors (Lipinski definition) is 6. The molecule has 1 saturated carbocycles. The largest absolute Gasteiger partial charge is 0.396 e. The molecule has 9 nitrogen and oxygen atoms in total. The molecule has 12 heteroatoms. The maximum Gasteiger partial charge on any atom is 0.389 e. The van der Waals surface area contributed by atoms with E-state index in [9.17, 15) is 37.8 Å². The van der Waals surface area contributed by atoms with E-state index < -0.39 is 47.6 Å². The fourth-order valence-electron chi connectivity index (χ4n) is 7.00. The summed E-state index contributed by atoms with van der Waals surface area (Å²) >= 11 is 0. The van der Waals surface area contributed by atoms with Gasteiger partial charge in [-0.2, -0.15) is 13.2 Å². The first-order valence-electron chi connectivity index (χ1n) is 14.8. The number of aliphatic hydroxyl groups excluding tert-OH is 1. The van der Waals surface area contributed by atoms with Gasteiger partial charge in [-0.25, -0.2) is 0 Å². The summed E-state index contributed by atoms with van der Waals surface area (Å²) in [7, 11) is 0. The molecule has 3 fully saturated rings. The Morgan fingerprint density at radius 1 is 1.00 bits per heavy atom. The molecule has 5 rings (SSSR count). The summed E-state index contributed by atoms with van der Waals surface area (Å²) in [6.45, 7) is 0.605. The first kappa shape index (κ1) is 31.2. The van der Waals surface area contributed by atoms with E-state index in [-0.39, 0.29) is 32.0 Å². The lowest BCUT2D eigenvalue weighted by molar-refractivity contribution is -0.175. The van der Waals surface area contributed by atoms with Crippen LogP contribution in [-0.4, -0.2) is 94.2 Å². The fourth-order valence-corrected chi connectivity index (χ4v) is 7.00. The van der Waals surface area contributed by atoms with E-state index >= 15 is 0 Å². The van der Waals surface area contributed by atoms with Gasteiger partial charge in [-0.05, 0) is 24.8 Å². The first-order chi connectivity index (χ1) is 20.5. The van der Waals surface area contributed by atoms with Crippen LogP contribution in [0.25, 0.3) is 11.1 Å². The maximum absolute atomic E-state index is 13.7. The molecule has 1 aromatic heterocycles. The van der Waals surface area contributed by atoms with E-state index in [0.717, 1.165) is 12.8 Å². The van der Waals surface area contributed by atoms with Crippen molar-refractivity contribution in [1.29, 1.82) is 0 Å². The molecule has 43 heavy (non-hydrogen) atoms. The lowest BCUT2D eigenvalue weighted by atomic mass is 9.65. The van der Waals surface area contributed by atoms with Crippen LogP contribution >= 0.6 is 0 Å². The standard InChI is InChI=1S/C31H38F3N3O6/c32-31(33,34)17-23(19-38)27(40)36-11-10-30(42,29(20-36)8-4-5-9-29)21-37-18-25(28(41)35-12-14-43-15-13-35)24(16-26(37)39)22-6-2-1-3-7-22/h1-3,6-7,16,18,23,38,42H,4-5,8-15,17,19-21H2/t23?,30-/m1/s1. The van der Waals surface area contributed by atoms with Gasteiger partial charge in [-0.1, -0.05) is 43.2 Å². The highest BCUT2D eigenvalue weighted by molar-refractivity contribution is 6.00. The smallest absolute Gasteiger partial charge is 0.389 e. The van der Waals surface area contributed by atoms with Gasteiger partial charge in [0.05, 0.1) is 49.9 Å². The van der Waals surface area contributed by atoms with Crippen LogP contribution in [0.4, 0.5) is 13.2 Å². The van der Waals surface area contributed by atoms with Crippen LogP contribution in [0.1, 0.15) is 48.9 Å². The molecule has 2 aromatic rings. The monoisotopic (exact) mass is 605 g/mol. The van der Waals surface area contributed by atoms with Crippen molar-refractivity contribution in [3.8, 4) is 11.1 Å². The Balaban J connectivity index is 1.47. The Morgan fingerprint density at radius 2 is 1.67 bits per heavy atom. The summed E-state index contributed by atoms with van der Waals surface area (Å²) < 4.78 is 46.0. The van der Waals surface area contributed by atoms with Crippen LogP contribution in [0, 0.1) is 11.3 Å². The number of aromatic nitrogens is 1. The van der Waals surface area contributed by atoms with E-state index in [2.05, 4.69) is 0 Å². The number of carbonyl (C=O) groups excluding carboxylic acids is 2. The number of halogens is 3. The number of carbonyl (C=O) groups is 2. The van der Waals surface area contributed by atoms with Crippen LogP contribution in [0.15, 0.2) is 47.4 Å². The number of morpholine rings is 1. The van der Waals surface area contributed by atoms with Gasteiger partial charge >= 0.3 is 6.18 Å². The SMILES string of the molecule is O=C(c1cn(C[C@]2(O)CCN(C(=O)C(CO)CC(F)(F)F)CC23CCCC3)c(=O)cc1-c1ccccc1)N1CCOCC1. The number of benzene rings is 1. The fraction of sp³-hybridized carbons (Fsp3) is 0.581. The third-order valence-corrected chi connectivity index (χ3v) is 9.37. The van der Waals surface area contributed by atoms with Crippen molar-refractivity contribution in [2.45, 2.75) is 56.8 Å². The number of ether oxygens (including phenoxy) is 1. The Bertz CT molecular complexity index is 1370. The maximum atomic E-state index is 13.7. The zero-order valence-corrected chi connectivity index (χ0v) is 24.0. The molecule has 2 N–H and O–H groups in total. The third kappa shape index (κ3) is 6.51. The molecule has 1 unspecified atom stereocenters. The number of pyridine rings is 1. The number of likely N-dealkylation sites (tertiary alicyclic amines) is 1. The second kappa shape index (κ2) is 12.4. The number of alkyl halides is 3. The van der Waals surface area contributed by atoms with Crippen LogP contribution in [0.2, 0.25) is 0 Å². The first-order valence-corrected chi connectivity index (χ1v) is 14.8. The second-order valence-corrected chi connectivity index (χ2v) is 12.1. The van der Waals surface area contributed by atoms with Crippen molar-refractivity contribution in [3.63, 3.8) is 0 Å². The highest BCUT2D eigenvalue weighted by Crippen LogP contribution is 2.52. The molecule has 0 radical (unpaired) electrons. The molecule has 2 saturated heterocycles. The molecule has 2 atom stereocenters. The Morgan fingerprint density at radius 3 is 2.30 bits per heavy atom. The van der Waals surface area contributed by atoms with Crippen molar-refractivity contribution in [3.05, 3.63) is 58.5 Å². The predicted molar refractivity (Wildman–Crippen MR) is 151 cm³/mol. The highest BCUT2D eigenvalue weighted by Gasteiger charge is 2.56.